The number of aromatic carboxylic acids is 1. The minimum atomic E-state index is -1.17. The molecule has 0 atom stereocenters. The zero-order valence-corrected chi connectivity index (χ0v) is 8.12. The fraction of sp³-hybridized carbons (Fsp3) is 0.100. The molecule has 2 aromatic rings. The number of pyridine rings is 1. The number of fused-ring (bicyclic) bond motifs is 1. The van der Waals surface area contributed by atoms with Crippen molar-refractivity contribution in [1.29, 1.82) is 0 Å². The monoisotopic (exact) mass is 220 g/mol. The molecule has 0 amide bonds. The number of carboxylic acids is 2. The highest BCUT2D eigenvalue weighted by Crippen LogP contribution is 2.16. The first-order chi connectivity index (χ1) is 7.59. The van der Waals surface area contributed by atoms with E-state index in [0.717, 1.165) is 0 Å². The summed E-state index contributed by atoms with van der Waals surface area (Å²) in [5.74, 6) is -2.27. The molecule has 2 rings (SSSR count). The van der Waals surface area contributed by atoms with Crippen LogP contribution in [0.5, 0.6) is 0 Å². The van der Waals surface area contributed by atoms with Gasteiger partial charge in [0.2, 0.25) is 0 Å². The van der Waals surface area contributed by atoms with E-state index in [2.05, 4.69) is 5.10 Å². The molecule has 0 fully saturated rings. The van der Waals surface area contributed by atoms with Crippen LogP contribution in [0.1, 0.15) is 16.1 Å². The molecular weight excluding hydrogens is 212 g/mol. The largest absolute Gasteiger partial charge is 0.481 e. The summed E-state index contributed by atoms with van der Waals surface area (Å²) in [6, 6.07) is 4.95. The van der Waals surface area contributed by atoms with Crippen molar-refractivity contribution in [1.82, 2.24) is 9.61 Å². The third-order valence-electron chi connectivity index (χ3n) is 2.14. The highest BCUT2D eigenvalue weighted by molar-refractivity contribution is 5.97. The lowest BCUT2D eigenvalue weighted by Crippen LogP contribution is -2.06. The summed E-state index contributed by atoms with van der Waals surface area (Å²) in [5, 5.41) is 21.6. The van der Waals surface area contributed by atoms with E-state index in [1.165, 1.54) is 4.52 Å². The summed E-state index contributed by atoms with van der Waals surface area (Å²) in [5.41, 5.74) is 0.403. The van der Waals surface area contributed by atoms with Crippen molar-refractivity contribution >= 4 is 17.5 Å². The molecule has 0 aliphatic carbocycles. The third-order valence-corrected chi connectivity index (χ3v) is 2.14. The fourth-order valence-corrected chi connectivity index (χ4v) is 1.55. The van der Waals surface area contributed by atoms with Crippen molar-refractivity contribution < 1.29 is 19.8 Å². The van der Waals surface area contributed by atoms with Gasteiger partial charge in [-0.3, -0.25) is 4.79 Å². The van der Waals surface area contributed by atoms with Crippen LogP contribution in [0.2, 0.25) is 0 Å². The van der Waals surface area contributed by atoms with Gasteiger partial charge in [0, 0.05) is 6.20 Å². The average Bonchev–Trinajstić information content (AvgIpc) is 2.53. The number of carboxylic acid groups (broad SMARTS) is 2. The second-order valence-electron chi connectivity index (χ2n) is 3.23. The van der Waals surface area contributed by atoms with Crippen LogP contribution in [0.3, 0.4) is 0 Å². The normalized spacial score (nSPS) is 10.5. The Kier molecular flexibility index (Phi) is 2.32. The van der Waals surface area contributed by atoms with Crippen molar-refractivity contribution in [3.63, 3.8) is 0 Å². The average molecular weight is 220 g/mol. The van der Waals surface area contributed by atoms with Crippen LogP contribution in [-0.2, 0) is 11.2 Å². The van der Waals surface area contributed by atoms with Crippen LogP contribution >= 0.6 is 0 Å². The Bertz CT molecular complexity index is 573. The van der Waals surface area contributed by atoms with Gasteiger partial charge in [0.1, 0.15) is 5.56 Å². The molecule has 0 radical (unpaired) electrons. The third kappa shape index (κ3) is 1.60. The second-order valence-corrected chi connectivity index (χ2v) is 3.23. The van der Waals surface area contributed by atoms with Crippen LogP contribution < -0.4 is 0 Å². The Hall–Kier alpha value is -2.37. The lowest BCUT2D eigenvalue weighted by molar-refractivity contribution is -0.136. The van der Waals surface area contributed by atoms with Crippen molar-refractivity contribution in [3.8, 4) is 0 Å². The van der Waals surface area contributed by atoms with Gasteiger partial charge in [-0.1, -0.05) is 6.07 Å². The molecule has 6 nitrogen and oxygen atoms in total. The van der Waals surface area contributed by atoms with E-state index in [-0.39, 0.29) is 11.3 Å². The Morgan fingerprint density at radius 3 is 2.69 bits per heavy atom. The molecule has 0 aliphatic rings. The summed E-state index contributed by atoms with van der Waals surface area (Å²) < 4.78 is 1.36. The molecule has 82 valence electrons. The van der Waals surface area contributed by atoms with E-state index < -0.39 is 18.4 Å². The van der Waals surface area contributed by atoms with Crippen LogP contribution in [0.15, 0.2) is 24.4 Å². The summed E-state index contributed by atoms with van der Waals surface area (Å²) in [4.78, 5) is 21.6. The maximum atomic E-state index is 11.0. The predicted octanol–water partition coefficient (Wildman–Crippen LogP) is 0.660. The molecule has 0 spiro atoms. The van der Waals surface area contributed by atoms with Crippen molar-refractivity contribution in [2.45, 2.75) is 6.42 Å². The maximum Gasteiger partial charge on any atom is 0.339 e. The molecule has 2 heterocycles. The van der Waals surface area contributed by atoms with Crippen LogP contribution in [0.4, 0.5) is 0 Å². The Balaban J connectivity index is 2.68. The van der Waals surface area contributed by atoms with Crippen LogP contribution in [0.25, 0.3) is 5.52 Å². The van der Waals surface area contributed by atoms with E-state index in [0.29, 0.717) is 5.52 Å². The zero-order valence-electron chi connectivity index (χ0n) is 8.12. The first kappa shape index (κ1) is 10.2. The molecule has 0 aromatic carbocycles. The standard InChI is InChI=1S/C10H8N2O4/c13-8(14)5-6-9(10(15)16)7-3-1-2-4-12(7)11-6/h1-4H,5H2,(H,13,14)(H,15,16). The summed E-state index contributed by atoms with van der Waals surface area (Å²) in [6.07, 6.45) is 1.18. The highest BCUT2D eigenvalue weighted by atomic mass is 16.4. The smallest absolute Gasteiger partial charge is 0.339 e. The Labute approximate surface area is 89.7 Å². The first-order valence-electron chi connectivity index (χ1n) is 4.51. The number of nitrogens with zero attached hydrogens (tertiary/aromatic N) is 2. The van der Waals surface area contributed by atoms with Gasteiger partial charge in [0.05, 0.1) is 17.6 Å². The highest BCUT2D eigenvalue weighted by Gasteiger charge is 2.20. The number of hydrogen-bond acceptors (Lipinski definition) is 3. The van der Waals surface area contributed by atoms with E-state index in [4.69, 9.17) is 10.2 Å². The molecule has 0 saturated carbocycles. The quantitative estimate of drug-likeness (QED) is 0.792. The molecule has 0 bridgehead atoms. The lowest BCUT2D eigenvalue weighted by atomic mass is 10.1. The number of aliphatic carboxylic acids is 1. The lowest BCUT2D eigenvalue weighted by Gasteiger charge is -1.93. The predicted molar refractivity (Wildman–Crippen MR) is 53.5 cm³/mol. The maximum absolute atomic E-state index is 11.0. The summed E-state index contributed by atoms with van der Waals surface area (Å²) in [6.45, 7) is 0. The van der Waals surface area contributed by atoms with E-state index in [9.17, 15) is 9.59 Å². The molecule has 0 saturated heterocycles. The van der Waals surface area contributed by atoms with Gasteiger partial charge < -0.3 is 10.2 Å². The Morgan fingerprint density at radius 1 is 1.31 bits per heavy atom. The molecule has 2 aromatic heterocycles. The summed E-state index contributed by atoms with van der Waals surface area (Å²) >= 11 is 0. The SMILES string of the molecule is O=C(O)Cc1nn2ccccc2c1C(=O)O. The number of hydrogen-bond donors (Lipinski definition) is 2. The minimum Gasteiger partial charge on any atom is -0.481 e. The van der Waals surface area contributed by atoms with Gasteiger partial charge >= 0.3 is 11.9 Å². The van der Waals surface area contributed by atoms with E-state index >= 15 is 0 Å². The first-order valence-corrected chi connectivity index (χ1v) is 4.51. The van der Waals surface area contributed by atoms with Crippen LogP contribution in [0, 0.1) is 0 Å². The molecule has 16 heavy (non-hydrogen) atoms. The van der Waals surface area contributed by atoms with Crippen molar-refractivity contribution in [2.75, 3.05) is 0 Å². The molecule has 2 N–H and O–H groups in total. The zero-order chi connectivity index (χ0) is 11.7. The number of rotatable bonds is 3. The van der Waals surface area contributed by atoms with Gasteiger partial charge in [-0.05, 0) is 12.1 Å². The Morgan fingerprint density at radius 2 is 2.06 bits per heavy atom. The molecule has 0 aliphatic heterocycles. The van der Waals surface area contributed by atoms with Gasteiger partial charge in [-0.25, -0.2) is 9.31 Å². The number of aromatic nitrogens is 2. The van der Waals surface area contributed by atoms with Gasteiger partial charge in [-0.2, -0.15) is 5.10 Å². The van der Waals surface area contributed by atoms with Gasteiger partial charge in [0.25, 0.3) is 0 Å². The van der Waals surface area contributed by atoms with Crippen molar-refractivity contribution in [3.05, 3.63) is 35.7 Å². The van der Waals surface area contributed by atoms with Gasteiger partial charge in [-0.15, -0.1) is 0 Å². The van der Waals surface area contributed by atoms with E-state index in [1.807, 2.05) is 0 Å². The van der Waals surface area contributed by atoms with Gasteiger partial charge in [0.15, 0.2) is 0 Å². The molecule has 0 unspecified atom stereocenters. The topological polar surface area (TPSA) is 91.9 Å². The minimum absolute atomic E-state index is 0.0528. The fourth-order valence-electron chi connectivity index (χ4n) is 1.55. The number of carbonyl (C=O) groups is 2. The molecular formula is C10H8N2O4. The van der Waals surface area contributed by atoms with Crippen molar-refractivity contribution in [2.24, 2.45) is 0 Å². The second kappa shape index (κ2) is 3.65. The molecule has 6 heteroatoms. The van der Waals surface area contributed by atoms with Crippen LogP contribution in [-0.4, -0.2) is 31.8 Å². The summed E-state index contributed by atoms with van der Waals surface area (Å²) in [7, 11) is 0. The van der Waals surface area contributed by atoms with E-state index in [1.54, 1.807) is 24.4 Å².